The fourth-order valence-corrected chi connectivity index (χ4v) is 4.61. The Balaban J connectivity index is 1.52. The number of ketones is 1. The molecule has 0 bridgehead atoms. The zero-order valence-electron chi connectivity index (χ0n) is 18.9. The number of benzene rings is 2. The molecule has 7 nitrogen and oxygen atoms in total. The lowest BCUT2D eigenvalue weighted by molar-refractivity contribution is -0.122. The number of nitrogens with zero attached hydrogens (tertiary/aromatic N) is 4. The molecule has 34 heavy (non-hydrogen) atoms. The van der Waals surface area contributed by atoms with E-state index in [1.807, 2.05) is 97.5 Å². The summed E-state index contributed by atoms with van der Waals surface area (Å²) in [5, 5.41) is 17.2. The van der Waals surface area contributed by atoms with Gasteiger partial charge >= 0.3 is 0 Å². The molecule has 1 amide bonds. The van der Waals surface area contributed by atoms with E-state index in [2.05, 4.69) is 10.4 Å². The standard InChI is InChI=1S/C27H23N5O2/c1-17(23-13-8-14-31(23)2)29-27(34)22(16-28)26(33)24-21-15-18-9-6-7-12-20(18)25(21)32(30-24)19-10-4-3-5-11-19/h3-14,17,22H,15H2,1-2H3,(H,29,34). The number of aromatic nitrogens is 3. The van der Waals surface area contributed by atoms with E-state index in [0.717, 1.165) is 33.8 Å². The lowest BCUT2D eigenvalue weighted by Crippen LogP contribution is -2.37. The van der Waals surface area contributed by atoms with Crippen LogP contribution in [0.4, 0.5) is 0 Å². The number of nitrogens with one attached hydrogen (secondary N) is 1. The van der Waals surface area contributed by atoms with Crippen LogP contribution < -0.4 is 5.32 Å². The molecule has 5 rings (SSSR count). The van der Waals surface area contributed by atoms with E-state index in [9.17, 15) is 14.9 Å². The molecule has 0 saturated heterocycles. The molecule has 1 aliphatic rings. The van der Waals surface area contributed by atoms with Crippen LogP contribution in [0, 0.1) is 17.2 Å². The molecule has 1 N–H and O–H groups in total. The first-order valence-electron chi connectivity index (χ1n) is 11.1. The first-order valence-corrected chi connectivity index (χ1v) is 11.1. The Kier molecular flexibility index (Phi) is 5.34. The molecule has 2 aromatic heterocycles. The van der Waals surface area contributed by atoms with Gasteiger partial charge in [0, 0.05) is 36.5 Å². The van der Waals surface area contributed by atoms with Crippen molar-refractivity contribution in [2.24, 2.45) is 13.0 Å². The van der Waals surface area contributed by atoms with Crippen molar-refractivity contribution in [3.63, 3.8) is 0 Å². The molecule has 4 aromatic rings. The molecule has 0 spiro atoms. The molecule has 2 aromatic carbocycles. The third-order valence-electron chi connectivity index (χ3n) is 6.30. The Morgan fingerprint density at radius 2 is 1.79 bits per heavy atom. The number of fused-ring (bicyclic) bond motifs is 3. The van der Waals surface area contributed by atoms with E-state index in [4.69, 9.17) is 0 Å². The lowest BCUT2D eigenvalue weighted by atomic mass is 9.98. The zero-order chi connectivity index (χ0) is 23.8. The van der Waals surface area contributed by atoms with Crippen LogP contribution in [0.15, 0.2) is 72.9 Å². The summed E-state index contributed by atoms with van der Waals surface area (Å²) in [6.45, 7) is 1.82. The first-order chi connectivity index (χ1) is 16.5. The predicted molar refractivity (Wildman–Crippen MR) is 127 cm³/mol. The van der Waals surface area contributed by atoms with Crippen molar-refractivity contribution in [1.82, 2.24) is 19.7 Å². The highest BCUT2D eigenvalue weighted by atomic mass is 16.2. The maximum absolute atomic E-state index is 13.5. The molecule has 7 heteroatoms. The fourth-order valence-electron chi connectivity index (χ4n) is 4.61. The van der Waals surface area contributed by atoms with Gasteiger partial charge in [0.15, 0.2) is 5.92 Å². The number of para-hydroxylation sites is 1. The predicted octanol–water partition coefficient (Wildman–Crippen LogP) is 3.98. The monoisotopic (exact) mass is 449 g/mol. The normalized spacial score (nSPS) is 13.4. The number of hydrogen-bond donors (Lipinski definition) is 1. The van der Waals surface area contributed by atoms with Gasteiger partial charge in [-0.2, -0.15) is 10.4 Å². The van der Waals surface area contributed by atoms with Gasteiger partial charge in [-0.25, -0.2) is 4.68 Å². The van der Waals surface area contributed by atoms with Gasteiger partial charge < -0.3 is 9.88 Å². The lowest BCUT2D eigenvalue weighted by Gasteiger charge is -2.16. The van der Waals surface area contributed by atoms with Crippen molar-refractivity contribution in [3.05, 3.63) is 95.4 Å². The third-order valence-corrected chi connectivity index (χ3v) is 6.30. The number of amides is 1. The summed E-state index contributed by atoms with van der Waals surface area (Å²) in [5.41, 5.74) is 5.53. The summed E-state index contributed by atoms with van der Waals surface area (Å²) < 4.78 is 3.63. The second-order valence-corrected chi connectivity index (χ2v) is 8.46. The Hall–Kier alpha value is -4.44. The van der Waals surface area contributed by atoms with E-state index >= 15 is 0 Å². The van der Waals surface area contributed by atoms with E-state index in [1.54, 1.807) is 4.68 Å². The summed E-state index contributed by atoms with van der Waals surface area (Å²) in [6.07, 6.45) is 2.40. The average molecular weight is 450 g/mol. The van der Waals surface area contributed by atoms with Gasteiger partial charge in [-0.1, -0.05) is 42.5 Å². The molecule has 0 fully saturated rings. The van der Waals surface area contributed by atoms with E-state index in [-0.39, 0.29) is 11.7 Å². The Morgan fingerprint density at radius 1 is 1.06 bits per heavy atom. The van der Waals surface area contributed by atoms with Crippen LogP contribution in [-0.2, 0) is 18.3 Å². The number of Topliss-reactive ketones (excluding diaryl/α,β-unsaturated/α-hetero) is 1. The number of carbonyl (C=O) groups excluding carboxylic acids is 2. The van der Waals surface area contributed by atoms with Crippen molar-refractivity contribution in [1.29, 1.82) is 5.26 Å². The van der Waals surface area contributed by atoms with Gasteiger partial charge in [0.1, 0.15) is 5.69 Å². The van der Waals surface area contributed by atoms with E-state index < -0.39 is 17.6 Å². The van der Waals surface area contributed by atoms with Gasteiger partial charge in [0.25, 0.3) is 0 Å². The van der Waals surface area contributed by atoms with Gasteiger partial charge in [-0.3, -0.25) is 9.59 Å². The highest BCUT2D eigenvalue weighted by molar-refractivity contribution is 6.12. The molecule has 0 aliphatic heterocycles. The van der Waals surface area contributed by atoms with Crippen molar-refractivity contribution >= 4 is 11.7 Å². The second kappa shape index (κ2) is 8.49. The Morgan fingerprint density at radius 3 is 2.50 bits per heavy atom. The smallest absolute Gasteiger partial charge is 0.245 e. The van der Waals surface area contributed by atoms with Crippen LogP contribution >= 0.6 is 0 Å². The maximum Gasteiger partial charge on any atom is 0.245 e. The molecule has 2 heterocycles. The number of carbonyl (C=O) groups is 2. The SMILES string of the molecule is CC(NC(=O)C(C#N)C(=O)c1nn(-c2ccccc2)c2c1Cc1ccccc1-2)c1cccn1C. The molecule has 2 atom stereocenters. The van der Waals surface area contributed by atoms with Gasteiger partial charge in [0.05, 0.1) is 23.5 Å². The van der Waals surface area contributed by atoms with Gasteiger partial charge in [0.2, 0.25) is 11.7 Å². The third kappa shape index (κ3) is 3.50. The number of nitriles is 1. The highest BCUT2D eigenvalue weighted by Gasteiger charge is 2.36. The minimum atomic E-state index is -1.49. The van der Waals surface area contributed by atoms with Crippen LogP contribution in [-0.4, -0.2) is 26.0 Å². The highest BCUT2D eigenvalue weighted by Crippen LogP contribution is 2.40. The first kappa shape index (κ1) is 21.4. The largest absolute Gasteiger partial charge is 0.353 e. The van der Waals surface area contributed by atoms with Crippen LogP contribution in [0.5, 0.6) is 0 Å². The molecule has 2 unspecified atom stereocenters. The van der Waals surface area contributed by atoms with E-state index in [1.165, 1.54) is 0 Å². The number of aryl methyl sites for hydroxylation is 1. The van der Waals surface area contributed by atoms with Crippen LogP contribution in [0.2, 0.25) is 0 Å². The molecule has 0 saturated carbocycles. The molecule has 168 valence electrons. The Labute approximate surface area is 197 Å². The Bertz CT molecular complexity index is 1440. The summed E-state index contributed by atoms with van der Waals surface area (Å²) in [6, 6.07) is 22.8. The quantitative estimate of drug-likeness (QED) is 0.313. The second-order valence-electron chi connectivity index (χ2n) is 8.46. The molecule has 0 radical (unpaired) electrons. The van der Waals surface area contributed by atoms with Crippen LogP contribution in [0.1, 0.15) is 40.3 Å². The molecule has 1 aliphatic carbocycles. The van der Waals surface area contributed by atoms with Crippen molar-refractivity contribution in [2.45, 2.75) is 19.4 Å². The van der Waals surface area contributed by atoms with Crippen LogP contribution in [0.3, 0.4) is 0 Å². The number of rotatable bonds is 6. The average Bonchev–Trinajstić information content (AvgIpc) is 3.54. The minimum absolute atomic E-state index is 0.170. The van der Waals surface area contributed by atoms with E-state index in [0.29, 0.717) is 6.42 Å². The zero-order valence-corrected chi connectivity index (χ0v) is 18.9. The van der Waals surface area contributed by atoms with Gasteiger partial charge in [-0.05, 0) is 36.8 Å². The topological polar surface area (TPSA) is 92.7 Å². The summed E-state index contributed by atoms with van der Waals surface area (Å²) in [4.78, 5) is 26.5. The summed E-state index contributed by atoms with van der Waals surface area (Å²) in [5.74, 6) is -2.70. The summed E-state index contributed by atoms with van der Waals surface area (Å²) in [7, 11) is 1.88. The van der Waals surface area contributed by atoms with Gasteiger partial charge in [-0.15, -0.1) is 0 Å². The number of hydrogen-bond acceptors (Lipinski definition) is 4. The minimum Gasteiger partial charge on any atom is -0.353 e. The van der Waals surface area contributed by atoms with Crippen molar-refractivity contribution < 1.29 is 9.59 Å². The fraction of sp³-hybridized carbons (Fsp3) is 0.185. The van der Waals surface area contributed by atoms with Crippen molar-refractivity contribution in [2.75, 3.05) is 0 Å². The van der Waals surface area contributed by atoms with Crippen LogP contribution in [0.25, 0.3) is 16.9 Å². The molecular formula is C27H23N5O2. The van der Waals surface area contributed by atoms with Crippen molar-refractivity contribution in [3.8, 4) is 23.0 Å². The maximum atomic E-state index is 13.5. The molecular weight excluding hydrogens is 426 g/mol. The summed E-state index contributed by atoms with van der Waals surface area (Å²) >= 11 is 0.